The fourth-order valence-corrected chi connectivity index (χ4v) is 6.31. The van der Waals surface area contributed by atoms with Gasteiger partial charge in [0.2, 0.25) is 17.7 Å². The van der Waals surface area contributed by atoms with Crippen LogP contribution >= 0.6 is 11.3 Å². The van der Waals surface area contributed by atoms with E-state index >= 15 is 0 Å². The van der Waals surface area contributed by atoms with Crippen molar-refractivity contribution >= 4 is 39.2 Å². The summed E-state index contributed by atoms with van der Waals surface area (Å²) in [5.41, 5.74) is 5.05. The Morgan fingerprint density at radius 2 is 1.95 bits per heavy atom. The summed E-state index contributed by atoms with van der Waals surface area (Å²) in [6.45, 7) is 7.88. The number of fused-ring (bicyclic) bond motifs is 2. The second-order valence-corrected chi connectivity index (χ2v) is 11.5. The normalized spacial score (nSPS) is 18.9. The van der Waals surface area contributed by atoms with Crippen molar-refractivity contribution in [3.8, 4) is 0 Å². The minimum absolute atomic E-state index is 0.0646. The fraction of sp³-hybridized carbons (Fsp3) is 0.625. The lowest BCUT2D eigenvalue weighted by molar-refractivity contribution is -0.147. The molecule has 37 heavy (non-hydrogen) atoms. The van der Waals surface area contributed by atoms with Gasteiger partial charge in [-0.2, -0.15) is 18.2 Å². The summed E-state index contributed by atoms with van der Waals surface area (Å²) in [4.78, 5) is 28.1. The second-order valence-electron chi connectivity index (χ2n) is 10.4. The first-order valence-corrected chi connectivity index (χ1v) is 13.4. The van der Waals surface area contributed by atoms with Crippen molar-refractivity contribution in [2.24, 2.45) is 17.1 Å². The molecule has 3 aromatic heterocycles. The van der Waals surface area contributed by atoms with Crippen molar-refractivity contribution in [2.45, 2.75) is 65.7 Å². The summed E-state index contributed by atoms with van der Waals surface area (Å²) in [6.07, 6.45) is -0.862. The molecule has 0 bridgehead atoms. The van der Waals surface area contributed by atoms with Gasteiger partial charge in [0.25, 0.3) is 0 Å². The van der Waals surface area contributed by atoms with Gasteiger partial charge >= 0.3 is 6.18 Å². The summed E-state index contributed by atoms with van der Waals surface area (Å²) in [5, 5.41) is 8.14. The minimum Gasteiger partial charge on any atom is -0.369 e. The third-order valence-electron chi connectivity index (χ3n) is 7.57. The van der Waals surface area contributed by atoms with Crippen LogP contribution in [-0.4, -0.2) is 50.3 Å². The van der Waals surface area contributed by atoms with E-state index in [0.717, 1.165) is 47.0 Å². The zero-order valence-corrected chi connectivity index (χ0v) is 22.0. The molecule has 5 rings (SSSR count). The van der Waals surface area contributed by atoms with Gasteiger partial charge in [-0.1, -0.05) is 27.2 Å². The van der Waals surface area contributed by atoms with Crippen LogP contribution in [0, 0.1) is 11.3 Å². The van der Waals surface area contributed by atoms with E-state index in [2.05, 4.69) is 28.1 Å². The Labute approximate surface area is 216 Å². The Bertz CT molecular complexity index is 1320. The molecule has 0 aliphatic carbocycles. The van der Waals surface area contributed by atoms with Crippen molar-refractivity contribution in [1.29, 1.82) is 0 Å². The maximum absolute atomic E-state index is 13.3. The molecule has 1 atom stereocenters. The quantitative estimate of drug-likeness (QED) is 0.508. The third kappa shape index (κ3) is 4.73. The highest BCUT2D eigenvalue weighted by molar-refractivity contribution is 7.18. The number of piperidine rings is 1. The van der Waals surface area contributed by atoms with Gasteiger partial charge in [-0.3, -0.25) is 4.79 Å². The van der Waals surface area contributed by atoms with Crippen molar-refractivity contribution in [3.05, 3.63) is 22.6 Å². The summed E-state index contributed by atoms with van der Waals surface area (Å²) in [5.74, 6) is 0.299. The predicted octanol–water partition coefficient (Wildman–Crippen LogP) is 4.00. The van der Waals surface area contributed by atoms with Crippen LogP contribution in [0.2, 0.25) is 0 Å². The number of aromatic nitrogens is 5. The van der Waals surface area contributed by atoms with Crippen molar-refractivity contribution in [3.63, 3.8) is 0 Å². The molecule has 0 aromatic carbocycles. The number of primary amides is 1. The number of halogens is 3. The van der Waals surface area contributed by atoms with Crippen LogP contribution in [0.25, 0.3) is 10.2 Å². The molecule has 1 fully saturated rings. The highest BCUT2D eigenvalue weighted by Gasteiger charge is 2.40. The molecule has 2 aliphatic rings. The summed E-state index contributed by atoms with van der Waals surface area (Å²) >= 11 is 1.62. The average molecular weight is 537 g/mol. The van der Waals surface area contributed by atoms with E-state index in [1.54, 1.807) is 11.3 Å². The number of thiophene rings is 1. The molecule has 13 heteroatoms. The van der Waals surface area contributed by atoms with Gasteiger partial charge in [0.05, 0.1) is 11.9 Å². The van der Waals surface area contributed by atoms with E-state index in [0.29, 0.717) is 24.9 Å². The maximum atomic E-state index is 13.3. The van der Waals surface area contributed by atoms with Crippen molar-refractivity contribution < 1.29 is 18.0 Å². The molecule has 0 saturated carbocycles. The number of nitrogens with zero attached hydrogens (tertiary/aromatic N) is 7. The molecular weight excluding hydrogens is 505 g/mol. The van der Waals surface area contributed by atoms with Crippen molar-refractivity contribution in [2.75, 3.05) is 29.4 Å². The lowest BCUT2D eigenvalue weighted by atomic mass is 9.74. The maximum Gasteiger partial charge on any atom is 0.451 e. The molecule has 5 heterocycles. The summed E-state index contributed by atoms with van der Waals surface area (Å²) in [7, 11) is 0. The lowest BCUT2D eigenvalue weighted by Crippen LogP contribution is -2.47. The van der Waals surface area contributed by atoms with Crippen molar-refractivity contribution in [1.82, 2.24) is 24.7 Å². The number of carbonyl (C=O) groups is 1. The van der Waals surface area contributed by atoms with Crippen LogP contribution in [-0.2, 0) is 30.5 Å². The minimum atomic E-state index is -4.55. The van der Waals surface area contributed by atoms with Crippen LogP contribution in [0.4, 0.5) is 24.9 Å². The standard InChI is InChI=1S/C24H31F3N8OS/c1-4-6-15-11-16-18(33-9-10-35-17(13-33)31-32-21(35)24(25,26)27)29-22(30-19(16)37-15)34-8-5-7-14(12-34)23(2,3)20(28)36/h11,14H,4-10,12-13H2,1-3H3,(H2,28,36)/t14-/m1/s1. The van der Waals surface area contributed by atoms with E-state index in [1.807, 2.05) is 18.7 Å². The number of anilines is 2. The van der Waals surface area contributed by atoms with Crippen LogP contribution in [0.3, 0.4) is 0 Å². The average Bonchev–Trinajstić information content (AvgIpc) is 3.47. The third-order valence-corrected chi connectivity index (χ3v) is 8.66. The number of amides is 1. The SMILES string of the molecule is CCCc1cc2c(N3CCn4c(nnc4C(F)(F)F)C3)nc(N3CCC[C@@H](C(C)(C)C(N)=O)C3)nc2s1. The largest absolute Gasteiger partial charge is 0.451 e. The smallest absolute Gasteiger partial charge is 0.369 e. The van der Waals surface area contributed by atoms with Crippen LogP contribution in [0.1, 0.15) is 56.6 Å². The molecule has 200 valence electrons. The van der Waals surface area contributed by atoms with E-state index in [-0.39, 0.29) is 30.7 Å². The Hall–Kier alpha value is -2.96. The molecule has 0 unspecified atom stereocenters. The first kappa shape index (κ1) is 25.7. The molecule has 1 amide bonds. The summed E-state index contributed by atoms with van der Waals surface area (Å²) < 4.78 is 41.2. The van der Waals surface area contributed by atoms with Gasteiger partial charge in [0, 0.05) is 36.5 Å². The topological polar surface area (TPSA) is 106 Å². The van der Waals surface area contributed by atoms with Gasteiger partial charge < -0.3 is 20.1 Å². The zero-order valence-electron chi connectivity index (χ0n) is 21.2. The zero-order chi connectivity index (χ0) is 26.5. The first-order chi connectivity index (χ1) is 17.5. The number of alkyl halides is 3. The van der Waals surface area contributed by atoms with Gasteiger partial charge in [0.15, 0.2) is 5.82 Å². The molecule has 2 N–H and O–H groups in total. The number of carbonyl (C=O) groups excluding carboxylic acids is 1. The van der Waals surface area contributed by atoms with Gasteiger partial charge in [-0.15, -0.1) is 21.5 Å². The molecule has 1 saturated heterocycles. The van der Waals surface area contributed by atoms with E-state index in [9.17, 15) is 18.0 Å². The summed E-state index contributed by atoms with van der Waals surface area (Å²) in [6, 6.07) is 2.10. The Morgan fingerprint density at radius 3 is 2.65 bits per heavy atom. The number of rotatable bonds is 6. The van der Waals surface area contributed by atoms with Gasteiger partial charge in [-0.25, -0.2) is 4.98 Å². The number of hydrogen-bond acceptors (Lipinski definition) is 8. The van der Waals surface area contributed by atoms with Crippen LogP contribution in [0.5, 0.6) is 0 Å². The monoisotopic (exact) mass is 536 g/mol. The number of aryl methyl sites for hydroxylation is 1. The highest BCUT2D eigenvalue weighted by atomic mass is 32.1. The fourth-order valence-electron chi connectivity index (χ4n) is 5.19. The second kappa shape index (κ2) is 9.41. The highest BCUT2D eigenvalue weighted by Crippen LogP contribution is 2.38. The molecular formula is C24H31F3N8OS. The Kier molecular flexibility index (Phi) is 6.53. The number of nitrogens with two attached hydrogens (primary N) is 1. The van der Waals surface area contributed by atoms with E-state index in [4.69, 9.17) is 15.7 Å². The first-order valence-electron chi connectivity index (χ1n) is 12.6. The lowest BCUT2D eigenvalue weighted by Gasteiger charge is -2.40. The van der Waals surface area contributed by atoms with E-state index < -0.39 is 17.4 Å². The predicted molar refractivity (Wildman–Crippen MR) is 135 cm³/mol. The molecule has 3 aromatic rings. The van der Waals surface area contributed by atoms with Crippen LogP contribution in [0.15, 0.2) is 6.07 Å². The molecule has 2 aliphatic heterocycles. The van der Waals surface area contributed by atoms with Gasteiger partial charge in [0.1, 0.15) is 10.6 Å². The number of hydrogen-bond donors (Lipinski definition) is 1. The Balaban J connectivity index is 1.52. The molecule has 9 nitrogen and oxygen atoms in total. The Morgan fingerprint density at radius 1 is 1.16 bits per heavy atom. The molecule has 0 spiro atoms. The molecule has 0 radical (unpaired) electrons. The van der Waals surface area contributed by atoms with Gasteiger partial charge in [-0.05, 0) is 31.2 Å². The van der Waals surface area contributed by atoms with Crippen LogP contribution < -0.4 is 15.5 Å². The van der Waals surface area contributed by atoms with E-state index in [1.165, 1.54) is 4.88 Å².